The van der Waals surface area contributed by atoms with Gasteiger partial charge in [-0.1, -0.05) is 6.07 Å². The molecule has 2 aliphatic heterocycles. The molecular formula is C14H15N3O2. The number of nitrogens with zero attached hydrogens (tertiary/aromatic N) is 3. The highest BCUT2D eigenvalue weighted by Crippen LogP contribution is 2.40. The fourth-order valence-electron chi connectivity index (χ4n) is 2.83. The van der Waals surface area contributed by atoms with Crippen LogP contribution in [0, 0.1) is 19.8 Å². The fraction of sp³-hybridized carbons (Fsp3) is 0.429. The van der Waals surface area contributed by atoms with E-state index in [9.17, 15) is 9.59 Å². The number of hydrogen-bond acceptors (Lipinski definition) is 4. The molecule has 1 aromatic carbocycles. The molecule has 3 rings (SSSR count). The summed E-state index contributed by atoms with van der Waals surface area (Å²) in [4.78, 5) is 26.2. The smallest absolute Gasteiger partial charge is 0.264 e. The van der Waals surface area contributed by atoms with Crippen LogP contribution < -0.4 is 4.90 Å². The topological polar surface area (TPSA) is 62.1 Å². The third-order valence-electron chi connectivity index (χ3n) is 3.84. The van der Waals surface area contributed by atoms with Crippen LogP contribution in [0.1, 0.15) is 18.1 Å². The quantitative estimate of drug-likeness (QED) is 0.722. The van der Waals surface area contributed by atoms with E-state index in [0.29, 0.717) is 12.2 Å². The Labute approximate surface area is 111 Å². The van der Waals surface area contributed by atoms with Crippen molar-refractivity contribution in [1.82, 2.24) is 0 Å². The third-order valence-corrected chi connectivity index (χ3v) is 3.84. The molecule has 0 radical (unpaired) electrons. The molecule has 2 atom stereocenters. The van der Waals surface area contributed by atoms with Crippen molar-refractivity contribution in [1.29, 1.82) is 0 Å². The second-order valence-electron chi connectivity index (χ2n) is 5.45. The van der Waals surface area contributed by atoms with Gasteiger partial charge in [0.1, 0.15) is 0 Å². The standard InChI is InChI=1S/C14H15N3O2/c1-8-4-9(2)6-10(5-8)17-12(18)11-7-15-16-14(11,3)13(17)19/h4-6,11H,7H2,1-3H3/t11-,14+/m0/s1. The van der Waals surface area contributed by atoms with E-state index in [-0.39, 0.29) is 11.8 Å². The average molecular weight is 257 g/mol. The van der Waals surface area contributed by atoms with Gasteiger partial charge < -0.3 is 0 Å². The zero-order chi connectivity index (χ0) is 13.8. The van der Waals surface area contributed by atoms with Crippen molar-refractivity contribution in [2.45, 2.75) is 26.3 Å². The molecule has 1 saturated heterocycles. The summed E-state index contributed by atoms with van der Waals surface area (Å²) in [6.07, 6.45) is 0. The first-order chi connectivity index (χ1) is 8.93. The Kier molecular flexibility index (Phi) is 2.36. The summed E-state index contributed by atoms with van der Waals surface area (Å²) >= 11 is 0. The van der Waals surface area contributed by atoms with Crippen molar-refractivity contribution in [2.24, 2.45) is 16.1 Å². The number of hydrogen-bond donors (Lipinski definition) is 0. The Bertz CT molecular complexity index is 603. The van der Waals surface area contributed by atoms with Crippen LogP contribution in [-0.2, 0) is 9.59 Å². The molecule has 0 spiro atoms. The van der Waals surface area contributed by atoms with Crippen molar-refractivity contribution in [2.75, 3.05) is 11.4 Å². The Hall–Kier alpha value is -2.04. The first-order valence-electron chi connectivity index (χ1n) is 6.29. The molecule has 0 aromatic heterocycles. The maximum Gasteiger partial charge on any atom is 0.264 e. The number of fused-ring (bicyclic) bond motifs is 1. The molecule has 5 heteroatoms. The summed E-state index contributed by atoms with van der Waals surface area (Å²) in [6, 6.07) is 5.71. The van der Waals surface area contributed by atoms with Gasteiger partial charge in [0.25, 0.3) is 5.91 Å². The molecule has 1 aromatic rings. The van der Waals surface area contributed by atoms with E-state index in [4.69, 9.17) is 0 Å². The Morgan fingerprint density at radius 2 is 1.84 bits per heavy atom. The van der Waals surface area contributed by atoms with Crippen molar-refractivity contribution in [3.05, 3.63) is 29.3 Å². The summed E-state index contributed by atoms with van der Waals surface area (Å²) in [5.41, 5.74) is 1.69. The van der Waals surface area contributed by atoms with Gasteiger partial charge in [-0.3, -0.25) is 9.59 Å². The van der Waals surface area contributed by atoms with Crippen LogP contribution in [0.15, 0.2) is 28.4 Å². The molecule has 5 nitrogen and oxygen atoms in total. The van der Waals surface area contributed by atoms with Gasteiger partial charge in [0.2, 0.25) is 5.91 Å². The SMILES string of the molecule is Cc1cc(C)cc(N2C(=O)[C@@H]3CN=N[C@@]3(C)C2=O)c1. The van der Waals surface area contributed by atoms with Crippen LogP contribution >= 0.6 is 0 Å². The minimum atomic E-state index is -1.01. The van der Waals surface area contributed by atoms with Crippen molar-refractivity contribution in [3.8, 4) is 0 Å². The molecule has 0 bridgehead atoms. The maximum absolute atomic E-state index is 12.5. The van der Waals surface area contributed by atoms with E-state index in [1.165, 1.54) is 4.90 Å². The number of amides is 2. The van der Waals surface area contributed by atoms with Crippen LogP contribution in [-0.4, -0.2) is 23.9 Å². The van der Waals surface area contributed by atoms with E-state index < -0.39 is 11.5 Å². The third kappa shape index (κ3) is 1.54. The highest BCUT2D eigenvalue weighted by atomic mass is 16.2. The molecule has 2 aliphatic rings. The van der Waals surface area contributed by atoms with Crippen molar-refractivity contribution < 1.29 is 9.59 Å². The number of carbonyl (C=O) groups is 2. The summed E-state index contributed by atoms with van der Waals surface area (Å²) < 4.78 is 0. The van der Waals surface area contributed by atoms with Gasteiger partial charge in [-0.15, -0.1) is 0 Å². The van der Waals surface area contributed by atoms with Crippen molar-refractivity contribution >= 4 is 17.5 Å². The van der Waals surface area contributed by atoms with E-state index >= 15 is 0 Å². The number of azo groups is 1. The van der Waals surface area contributed by atoms with Crippen LogP contribution in [0.2, 0.25) is 0 Å². The van der Waals surface area contributed by atoms with Gasteiger partial charge >= 0.3 is 0 Å². The van der Waals surface area contributed by atoms with Crippen LogP contribution in [0.5, 0.6) is 0 Å². The summed E-state index contributed by atoms with van der Waals surface area (Å²) in [6.45, 7) is 5.90. The molecule has 0 unspecified atom stereocenters. The number of carbonyl (C=O) groups excluding carboxylic acids is 2. The predicted molar refractivity (Wildman–Crippen MR) is 70.0 cm³/mol. The molecule has 0 N–H and O–H groups in total. The molecule has 2 heterocycles. The predicted octanol–water partition coefficient (Wildman–Crippen LogP) is 2.02. The lowest BCUT2D eigenvalue weighted by molar-refractivity contribution is -0.122. The highest BCUT2D eigenvalue weighted by molar-refractivity contribution is 6.25. The van der Waals surface area contributed by atoms with Crippen LogP contribution in [0.4, 0.5) is 5.69 Å². The van der Waals surface area contributed by atoms with Crippen LogP contribution in [0.3, 0.4) is 0 Å². The van der Waals surface area contributed by atoms with Gasteiger partial charge in [-0.2, -0.15) is 10.2 Å². The average Bonchev–Trinajstić information content (AvgIpc) is 2.77. The molecule has 2 amide bonds. The van der Waals surface area contributed by atoms with Gasteiger partial charge in [-0.25, -0.2) is 4.90 Å². The number of benzene rings is 1. The van der Waals surface area contributed by atoms with Crippen molar-refractivity contribution in [3.63, 3.8) is 0 Å². The Balaban J connectivity index is 2.09. The van der Waals surface area contributed by atoms with E-state index in [1.54, 1.807) is 6.92 Å². The van der Waals surface area contributed by atoms with E-state index in [0.717, 1.165) is 11.1 Å². The number of imide groups is 1. The minimum Gasteiger partial charge on any atom is -0.274 e. The Morgan fingerprint density at radius 3 is 2.42 bits per heavy atom. The summed E-state index contributed by atoms with van der Waals surface area (Å²) in [5, 5.41) is 7.85. The second-order valence-corrected chi connectivity index (χ2v) is 5.45. The lowest BCUT2D eigenvalue weighted by Gasteiger charge is -2.18. The van der Waals surface area contributed by atoms with E-state index in [1.807, 2.05) is 32.0 Å². The highest BCUT2D eigenvalue weighted by Gasteiger charge is 2.59. The number of anilines is 1. The molecular weight excluding hydrogens is 242 g/mol. The largest absolute Gasteiger partial charge is 0.274 e. The minimum absolute atomic E-state index is 0.192. The summed E-state index contributed by atoms with van der Waals surface area (Å²) in [5.74, 6) is -0.905. The lowest BCUT2D eigenvalue weighted by Crippen LogP contribution is -2.37. The van der Waals surface area contributed by atoms with Gasteiger partial charge in [0, 0.05) is 0 Å². The first-order valence-corrected chi connectivity index (χ1v) is 6.29. The first kappa shape index (κ1) is 12.0. The zero-order valence-electron chi connectivity index (χ0n) is 11.2. The molecule has 1 fully saturated rings. The number of rotatable bonds is 1. The molecule has 19 heavy (non-hydrogen) atoms. The maximum atomic E-state index is 12.5. The Morgan fingerprint density at radius 1 is 1.21 bits per heavy atom. The van der Waals surface area contributed by atoms with Gasteiger partial charge in [-0.05, 0) is 44.0 Å². The zero-order valence-corrected chi connectivity index (χ0v) is 11.2. The summed E-state index contributed by atoms with van der Waals surface area (Å²) in [7, 11) is 0. The van der Waals surface area contributed by atoms with Gasteiger partial charge in [0.05, 0.1) is 18.2 Å². The lowest BCUT2D eigenvalue weighted by atomic mass is 9.90. The van der Waals surface area contributed by atoms with Gasteiger partial charge in [0.15, 0.2) is 5.54 Å². The molecule has 0 saturated carbocycles. The second kappa shape index (κ2) is 3.73. The van der Waals surface area contributed by atoms with E-state index in [2.05, 4.69) is 10.2 Å². The molecule has 98 valence electrons. The monoisotopic (exact) mass is 257 g/mol. The van der Waals surface area contributed by atoms with Crippen LogP contribution in [0.25, 0.3) is 0 Å². The number of aryl methyl sites for hydroxylation is 2. The normalized spacial score (nSPS) is 29.2. The fourth-order valence-corrected chi connectivity index (χ4v) is 2.83. The molecule has 0 aliphatic carbocycles.